The topological polar surface area (TPSA) is 183 Å². The molecule has 11 unspecified atom stereocenters. The maximum atomic E-state index is 14.6. The summed E-state index contributed by atoms with van der Waals surface area (Å²) >= 11 is 0. The Morgan fingerprint density at radius 1 is 0.780 bits per heavy atom. The van der Waals surface area contributed by atoms with E-state index >= 15 is 0 Å². The van der Waals surface area contributed by atoms with Crippen LogP contribution >= 0.6 is 0 Å². The third-order valence-corrected chi connectivity index (χ3v) is 11.2. The number of hydrogen-bond donors (Lipinski definition) is 3. The molecule has 0 heterocycles. The van der Waals surface area contributed by atoms with Gasteiger partial charge in [-0.3, -0.25) is 14.4 Å². The highest BCUT2D eigenvalue weighted by atomic mass is 16.6. The van der Waals surface area contributed by atoms with Crippen molar-refractivity contribution < 1.29 is 58.2 Å². The molecule has 12 nitrogen and oxygen atoms in total. The van der Waals surface area contributed by atoms with Gasteiger partial charge in [0.15, 0.2) is 11.4 Å². The summed E-state index contributed by atoms with van der Waals surface area (Å²) in [6, 6.07) is 15.8. The van der Waals surface area contributed by atoms with E-state index in [-0.39, 0.29) is 17.5 Å². The summed E-state index contributed by atoms with van der Waals surface area (Å²) in [5, 5.41) is 36.9. The highest BCUT2D eigenvalue weighted by Crippen LogP contribution is 2.67. The smallest absolute Gasteiger partial charge is 0.338 e. The Morgan fingerprint density at radius 3 is 1.76 bits per heavy atom. The molecule has 268 valence electrons. The van der Waals surface area contributed by atoms with E-state index in [0.29, 0.717) is 0 Å². The van der Waals surface area contributed by atoms with E-state index < -0.39 is 100.0 Å². The lowest BCUT2D eigenvalue weighted by Gasteiger charge is -2.69. The Kier molecular flexibility index (Phi) is 9.63. The predicted molar refractivity (Wildman–Crippen MR) is 176 cm³/mol. The van der Waals surface area contributed by atoms with Gasteiger partial charge < -0.3 is 34.3 Å². The maximum absolute atomic E-state index is 14.6. The molecule has 3 aliphatic rings. The fourth-order valence-corrected chi connectivity index (χ4v) is 9.12. The van der Waals surface area contributed by atoms with Crippen molar-refractivity contribution in [3.05, 3.63) is 84.4 Å². The summed E-state index contributed by atoms with van der Waals surface area (Å²) in [6.07, 6.45) is -6.86. The molecule has 0 aromatic heterocycles. The number of aliphatic hydroxyl groups excluding tert-OH is 1. The van der Waals surface area contributed by atoms with Gasteiger partial charge in [0.25, 0.3) is 0 Å². The van der Waals surface area contributed by atoms with Crippen LogP contribution in [0.15, 0.2) is 73.3 Å². The Labute approximate surface area is 290 Å². The standard InChI is InChI=1S/C38H44O12/c1-8-24-28(49-32(42)22-15-11-9-12-16-22)29-36(6)25(19-26(47-20(2)39)38(29,46)34(44)37(24,7)45)35(4,5)30(48-21(3)40)27(41)31(36)50-33(43)23-17-13-10-14-18-23/h8-18,24-31,41,45-46H,1,19H2,2-7H3. The van der Waals surface area contributed by atoms with Gasteiger partial charge in [0.05, 0.1) is 17.0 Å². The van der Waals surface area contributed by atoms with Crippen LogP contribution in [0, 0.1) is 28.6 Å². The van der Waals surface area contributed by atoms with E-state index in [1.165, 1.54) is 37.3 Å². The number of ether oxygens (including phenoxy) is 4. The molecule has 11 atom stereocenters. The third-order valence-electron chi connectivity index (χ3n) is 11.2. The first-order valence-corrected chi connectivity index (χ1v) is 16.5. The number of aliphatic hydroxyl groups is 3. The number of Topliss-reactive ketones (excluding diaryl/α,β-unsaturated/α-hetero) is 1. The van der Waals surface area contributed by atoms with E-state index in [2.05, 4.69) is 6.58 Å². The van der Waals surface area contributed by atoms with E-state index in [1.807, 2.05) is 0 Å². The van der Waals surface area contributed by atoms with Gasteiger partial charge >= 0.3 is 23.9 Å². The number of ketones is 1. The fraction of sp³-hybridized carbons (Fsp3) is 0.500. The zero-order valence-corrected chi connectivity index (χ0v) is 28.9. The van der Waals surface area contributed by atoms with Crippen molar-refractivity contribution in [1.29, 1.82) is 0 Å². The molecule has 0 aliphatic heterocycles. The molecule has 5 rings (SSSR count). The van der Waals surface area contributed by atoms with Gasteiger partial charge in [-0.1, -0.05) is 63.2 Å². The second-order valence-electron chi connectivity index (χ2n) is 14.6. The van der Waals surface area contributed by atoms with Gasteiger partial charge in [0.2, 0.25) is 0 Å². The molecule has 2 aromatic rings. The van der Waals surface area contributed by atoms with E-state index in [9.17, 15) is 39.3 Å². The van der Waals surface area contributed by atoms with Crippen molar-refractivity contribution in [3.8, 4) is 0 Å². The van der Waals surface area contributed by atoms with Gasteiger partial charge in [-0.2, -0.15) is 0 Å². The van der Waals surface area contributed by atoms with Crippen molar-refractivity contribution in [3.63, 3.8) is 0 Å². The highest BCUT2D eigenvalue weighted by molar-refractivity contribution is 5.98. The summed E-state index contributed by atoms with van der Waals surface area (Å²) in [6.45, 7) is 12.2. The van der Waals surface area contributed by atoms with Crippen LogP contribution in [0.2, 0.25) is 0 Å². The number of rotatable bonds is 7. The van der Waals surface area contributed by atoms with Crippen LogP contribution in [0.5, 0.6) is 0 Å². The molecular formula is C38H44O12. The first-order chi connectivity index (χ1) is 23.3. The predicted octanol–water partition coefficient (Wildman–Crippen LogP) is 3.21. The highest BCUT2D eigenvalue weighted by Gasteiger charge is 2.80. The SMILES string of the molecule is C=CC1C(OC(=O)c2ccccc2)C2C(O)(C(=O)C1(C)O)C(OC(C)=O)CC1C(C)(C)C(OC(C)=O)C(O)C(OC(=O)c3ccccc3)C12C. The van der Waals surface area contributed by atoms with Crippen LogP contribution in [0.4, 0.5) is 0 Å². The van der Waals surface area contributed by atoms with Crippen molar-refractivity contribution in [2.24, 2.45) is 28.6 Å². The van der Waals surface area contributed by atoms with Crippen LogP contribution < -0.4 is 0 Å². The maximum Gasteiger partial charge on any atom is 0.338 e. The molecule has 0 saturated heterocycles. The molecule has 3 aliphatic carbocycles. The summed E-state index contributed by atoms with van der Waals surface area (Å²) in [5.74, 6) is -8.27. The lowest BCUT2D eigenvalue weighted by atomic mass is 9.38. The molecule has 0 amide bonds. The van der Waals surface area contributed by atoms with Crippen LogP contribution in [-0.4, -0.2) is 86.7 Å². The van der Waals surface area contributed by atoms with Gasteiger partial charge in [-0.05, 0) is 43.5 Å². The van der Waals surface area contributed by atoms with Crippen molar-refractivity contribution in [1.82, 2.24) is 0 Å². The van der Waals surface area contributed by atoms with Gasteiger partial charge in [-0.15, -0.1) is 6.58 Å². The minimum atomic E-state index is -2.76. The second kappa shape index (κ2) is 13.1. The molecule has 0 radical (unpaired) electrons. The number of hydrogen-bond acceptors (Lipinski definition) is 12. The van der Waals surface area contributed by atoms with Gasteiger partial charge in [0, 0.05) is 30.6 Å². The van der Waals surface area contributed by atoms with Crippen molar-refractivity contribution in [2.75, 3.05) is 0 Å². The average Bonchev–Trinajstić information content (AvgIpc) is 3.06. The third kappa shape index (κ3) is 5.72. The Morgan fingerprint density at radius 2 is 1.28 bits per heavy atom. The van der Waals surface area contributed by atoms with Crippen molar-refractivity contribution in [2.45, 2.75) is 89.7 Å². The molecule has 3 fully saturated rings. The summed E-state index contributed by atoms with van der Waals surface area (Å²) in [5.41, 5.74) is -7.84. The lowest BCUT2D eigenvalue weighted by Crippen LogP contribution is -2.83. The number of benzene rings is 2. The fourth-order valence-electron chi connectivity index (χ4n) is 9.12. The Hall–Kier alpha value is -4.39. The van der Waals surface area contributed by atoms with E-state index in [1.54, 1.807) is 57.2 Å². The molecule has 50 heavy (non-hydrogen) atoms. The van der Waals surface area contributed by atoms with Gasteiger partial charge in [0.1, 0.15) is 36.1 Å². The molecule has 3 N–H and O–H groups in total. The van der Waals surface area contributed by atoms with Crippen LogP contribution in [-0.2, 0) is 33.3 Å². The second-order valence-corrected chi connectivity index (χ2v) is 14.6. The Balaban J connectivity index is 1.81. The van der Waals surface area contributed by atoms with Crippen molar-refractivity contribution >= 4 is 29.7 Å². The van der Waals surface area contributed by atoms with Gasteiger partial charge in [-0.25, -0.2) is 9.59 Å². The normalized spacial score (nSPS) is 37.3. The lowest BCUT2D eigenvalue weighted by molar-refractivity contribution is -0.320. The monoisotopic (exact) mass is 692 g/mol. The zero-order chi connectivity index (χ0) is 37.0. The van der Waals surface area contributed by atoms with E-state index in [0.717, 1.165) is 13.8 Å². The zero-order valence-electron chi connectivity index (χ0n) is 28.9. The minimum absolute atomic E-state index is 0.121. The average molecular weight is 693 g/mol. The first-order valence-electron chi connectivity index (χ1n) is 16.5. The molecule has 3 saturated carbocycles. The number of carbonyl (C=O) groups excluding carboxylic acids is 5. The summed E-state index contributed by atoms with van der Waals surface area (Å²) in [7, 11) is 0. The van der Waals surface area contributed by atoms with Crippen LogP contribution in [0.25, 0.3) is 0 Å². The minimum Gasteiger partial charge on any atom is -0.459 e. The summed E-state index contributed by atoms with van der Waals surface area (Å²) in [4.78, 5) is 67.2. The molecular weight excluding hydrogens is 648 g/mol. The number of carbonyl (C=O) groups is 5. The number of fused-ring (bicyclic) bond motifs is 3. The van der Waals surface area contributed by atoms with Crippen LogP contribution in [0.1, 0.15) is 68.7 Å². The first kappa shape index (κ1) is 36.9. The Bertz CT molecular complexity index is 1670. The van der Waals surface area contributed by atoms with Crippen LogP contribution in [0.3, 0.4) is 0 Å². The molecule has 12 heteroatoms. The summed E-state index contributed by atoms with van der Waals surface area (Å²) < 4.78 is 23.7. The van der Waals surface area contributed by atoms with E-state index in [4.69, 9.17) is 18.9 Å². The number of esters is 4. The molecule has 0 spiro atoms. The molecule has 0 bridgehead atoms. The largest absolute Gasteiger partial charge is 0.459 e. The molecule has 2 aromatic carbocycles. The quantitative estimate of drug-likeness (QED) is 0.219.